The van der Waals surface area contributed by atoms with Crippen LogP contribution in [-0.4, -0.2) is 62.2 Å². The standard InChI is InChI=1S/C6H10O7/c7-1-2(8)4(10)6(12)13-5(11)3(1)9/h1-5,7-11H/t1-,2-,3-,4-,5?/m0/s1. The average molecular weight is 194 g/mol. The smallest absolute Gasteiger partial charge is 0.340 e. The molecule has 0 spiro atoms. The number of ether oxygens (including phenoxy) is 1. The second-order valence-electron chi connectivity index (χ2n) is 2.74. The highest BCUT2D eigenvalue weighted by molar-refractivity contribution is 5.75. The molecule has 76 valence electrons. The molecule has 1 fully saturated rings. The van der Waals surface area contributed by atoms with Gasteiger partial charge >= 0.3 is 5.97 Å². The van der Waals surface area contributed by atoms with Gasteiger partial charge in [0.1, 0.15) is 18.3 Å². The highest BCUT2D eigenvalue weighted by atomic mass is 16.7. The molecule has 0 aromatic heterocycles. The number of hydrogen-bond acceptors (Lipinski definition) is 7. The van der Waals surface area contributed by atoms with E-state index < -0.39 is 36.7 Å². The van der Waals surface area contributed by atoms with Crippen LogP contribution in [0, 0.1) is 0 Å². The molecule has 1 rings (SSSR count). The van der Waals surface area contributed by atoms with Gasteiger partial charge in [-0.25, -0.2) is 4.79 Å². The van der Waals surface area contributed by atoms with Crippen LogP contribution >= 0.6 is 0 Å². The van der Waals surface area contributed by atoms with E-state index in [0.717, 1.165) is 0 Å². The van der Waals surface area contributed by atoms with Crippen molar-refractivity contribution in [2.45, 2.75) is 30.7 Å². The van der Waals surface area contributed by atoms with Crippen molar-refractivity contribution in [1.82, 2.24) is 0 Å². The maximum Gasteiger partial charge on any atom is 0.340 e. The van der Waals surface area contributed by atoms with Gasteiger partial charge in [-0.3, -0.25) is 0 Å². The average Bonchev–Trinajstić information content (AvgIpc) is 2.15. The van der Waals surface area contributed by atoms with E-state index in [0.29, 0.717) is 0 Å². The van der Waals surface area contributed by atoms with Crippen LogP contribution in [0.1, 0.15) is 0 Å². The monoisotopic (exact) mass is 194 g/mol. The molecule has 1 aliphatic rings. The minimum atomic E-state index is -1.97. The molecule has 1 heterocycles. The molecular weight excluding hydrogens is 184 g/mol. The first kappa shape index (κ1) is 10.4. The van der Waals surface area contributed by atoms with Crippen molar-refractivity contribution in [2.24, 2.45) is 0 Å². The van der Waals surface area contributed by atoms with E-state index >= 15 is 0 Å². The summed E-state index contributed by atoms with van der Waals surface area (Å²) in [6.07, 6.45) is -9.47. The lowest BCUT2D eigenvalue weighted by Crippen LogP contribution is -2.46. The molecule has 5 N–H and O–H groups in total. The summed E-state index contributed by atoms with van der Waals surface area (Å²) >= 11 is 0. The SMILES string of the molecule is O=C1OC(O)[C@@H](O)[C@@H](O)[C@H](O)[C@@H]1O. The molecule has 0 saturated carbocycles. The second kappa shape index (κ2) is 3.56. The molecule has 1 unspecified atom stereocenters. The van der Waals surface area contributed by atoms with Crippen LogP contribution in [0.15, 0.2) is 0 Å². The molecule has 0 radical (unpaired) electrons. The number of cyclic esters (lactones) is 1. The Morgan fingerprint density at radius 3 is 2.00 bits per heavy atom. The zero-order chi connectivity index (χ0) is 10.2. The molecule has 0 aromatic carbocycles. The number of aliphatic hydroxyl groups is 5. The summed E-state index contributed by atoms with van der Waals surface area (Å²) in [5, 5.41) is 44.8. The Balaban J connectivity index is 2.85. The van der Waals surface area contributed by atoms with E-state index in [1.165, 1.54) is 0 Å². The number of esters is 1. The van der Waals surface area contributed by atoms with Gasteiger partial charge in [0, 0.05) is 0 Å². The van der Waals surface area contributed by atoms with Crippen molar-refractivity contribution in [3.8, 4) is 0 Å². The van der Waals surface area contributed by atoms with E-state index in [-0.39, 0.29) is 0 Å². The lowest BCUT2D eigenvalue weighted by Gasteiger charge is -2.20. The quantitative estimate of drug-likeness (QED) is 0.251. The first-order chi connectivity index (χ1) is 5.95. The van der Waals surface area contributed by atoms with Gasteiger partial charge < -0.3 is 30.3 Å². The topological polar surface area (TPSA) is 127 Å². The zero-order valence-electron chi connectivity index (χ0n) is 6.44. The summed E-state index contributed by atoms with van der Waals surface area (Å²) in [5.41, 5.74) is 0. The Morgan fingerprint density at radius 2 is 1.46 bits per heavy atom. The lowest BCUT2D eigenvalue weighted by atomic mass is 10.0. The fourth-order valence-electron chi connectivity index (χ4n) is 0.955. The van der Waals surface area contributed by atoms with Gasteiger partial charge in [-0.15, -0.1) is 0 Å². The van der Waals surface area contributed by atoms with E-state index in [2.05, 4.69) is 4.74 Å². The van der Waals surface area contributed by atoms with Gasteiger partial charge in [0.25, 0.3) is 0 Å². The van der Waals surface area contributed by atoms with Gasteiger partial charge in [0.05, 0.1) is 0 Å². The van der Waals surface area contributed by atoms with E-state index in [4.69, 9.17) is 25.5 Å². The Labute approximate surface area is 72.8 Å². The molecule has 0 bridgehead atoms. The van der Waals surface area contributed by atoms with E-state index in [9.17, 15) is 4.79 Å². The lowest BCUT2D eigenvalue weighted by molar-refractivity contribution is -0.194. The molecule has 7 nitrogen and oxygen atoms in total. The van der Waals surface area contributed by atoms with Crippen LogP contribution < -0.4 is 0 Å². The summed E-state index contributed by atoms with van der Waals surface area (Å²) in [5.74, 6) is -1.30. The molecule has 0 amide bonds. The maximum atomic E-state index is 10.7. The second-order valence-corrected chi connectivity index (χ2v) is 2.74. The van der Waals surface area contributed by atoms with Crippen molar-refractivity contribution in [1.29, 1.82) is 0 Å². The summed E-state index contributed by atoms with van der Waals surface area (Å²) in [4.78, 5) is 10.7. The van der Waals surface area contributed by atoms with Crippen molar-refractivity contribution in [2.75, 3.05) is 0 Å². The maximum absolute atomic E-state index is 10.7. The summed E-state index contributed by atoms with van der Waals surface area (Å²) in [6, 6.07) is 0. The summed E-state index contributed by atoms with van der Waals surface area (Å²) in [6.45, 7) is 0. The molecule has 5 atom stereocenters. The molecule has 0 aliphatic carbocycles. The van der Waals surface area contributed by atoms with Gasteiger partial charge in [0.2, 0.25) is 6.29 Å². The highest BCUT2D eigenvalue weighted by Crippen LogP contribution is 2.15. The number of hydrogen-bond donors (Lipinski definition) is 5. The third-order valence-electron chi connectivity index (χ3n) is 1.79. The van der Waals surface area contributed by atoms with Crippen molar-refractivity contribution < 1.29 is 35.1 Å². The van der Waals surface area contributed by atoms with Crippen molar-refractivity contribution in [3.05, 3.63) is 0 Å². The molecule has 1 aliphatic heterocycles. The van der Waals surface area contributed by atoms with Gasteiger partial charge in [0.15, 0.2) is 6.10 Å². The van der Waals surface area contributed by atoms with Crippen LogP contribution in [0.5, 0.6) is 0 Å². The third kappa shape index (κ3) is 1.79. The Morgan fingerprint density at radius 1 is 0.923 bits per heavy atom. The minimum Gasteiger partial charge on any atom is -0.431 e. The molecular formula is C6H10O7. The Bertz CT molecular complexity index is 205. The molecule has 1 saturated heterocycles. The zero-order valence-corrected chi connectivity index (χ0v) is 6.44. The fourth-order valence-corrected chi connectivity index (χ4v) is 0.955. The van der Waals surface area contributed by atoms with Crippen molar-refractivity contribution >= 4 is 5.97 Å². The van der Waals surface area contributed by atoms with Crippen LogP contribution in [0.4, 0.5) is 0 Å². The first-order valence-electron chi connectivity index (χ1n) is 3.56. The predicted octanol–water partition coefficient (Wildman–Crippen LogP) is -3.69. The van der Waals surface area contributed by atoms with Crippen LogP contribution in [-0.2, 0) is 9.53 Å². The molecule has 7 heteroatoms. The van der Waals surface area contributed by atoms with Gasteiger partial charge in [-0.1, -0.05) is 0 Å². The number of carbonyl (C=O) groups is 1. The predicted molar refractivity (Wildman–Crippen MR) is 36.1 cm³/mol. The van der Waals surface area contributed by atoms with Gasteiger partial charge in [-0.2, -0.15) is 0 Å². The summed E-state index contributed by atoms with van der Waals surface area (Å²) in [7, 11) is 0. The minimum absolute atomic E-state index is 1.30. The number of aliphatic hydroxyl groups excluding tert-OH is 5. The van der Waals surface area contributed by atoms with Crippen LogP contribution in [0.2, 0.25) is 0 Å². The number of rotatable bonds is 0. The number of carbonyl (C=O) groups excluding carboxylic acids is 1. The Hall–Kier alpha value is -0.730. The largest absolute Gasteiger partial charge is 0.431 e. The van der Waals surface area contributed by atoms with Crippen LogP contribution in [0.25, 0.3) is 0 Å². The van der Waals surface area contributed by atoms with Crippen molar-refractivity contribution in [3.63, 3.8) is 0 Å². The van der Waals surface area contributed by atoms with E-state index in [1.807, 2.05) is 0 Å². The highest BCUT2D eigenvalue weighted by Gasteiger charge is 2.43. The molecule has 0 aromatic rings. The first-order valence-corrected chi connectivity index (χ1v) is 3.56. The molecule has 13 heavy (non-hydrogen) atoms. The summed E-state index contributed by atoms with van der Waals surface area (Å²) < 4.78 is 4.07. The normalized spacial score (nSPS) is 46.8. The van der Waals surface area contributed by atoms with Crippen LogP contribution in [0.3, 0.4) is 0 Å². The van der Waals surface area contributed by atoms with E-state index in [1.54, 1.807) is 0 Å². The van der Waals surface area contributed by atoms with Gasteiger partial charge in [-0.05, 0) is 0 Å². The third-order valence-corrected chi connectivity index (χ3v) is 1.79. The fraction of sp³-hybridized carbons (Fsp3) is 0.833. The Kier molecular flexibility index (Phi) is 2.84.